The smallest absolute Gasteiger partial charge is 0.255 e. The number of anilines is 1. The molecular weight excluding hydrogens is 328 g/mol. The van der Waals surface area contributed by atoms with Gasteiger partial charge in [0.1, 0.15) is 11.5 Å². The zero-order chi connectivity index (χ0) is 18.5. The van der Waals surface area contributed by atoms with Gasteiger partial charge in [0, 0.05) is 31.9 Å². The Morgan fingerprint density at radius 2 is 2.00 bits per heavy atom. The van der Waals surface area contributed by atoms with Crippen LogP contribution in [-0.4, -0.2) is 40.3 Å². The van der Waals surface area contributed by atoms with E-state index < -0.39 is 0 Å². The summed E-state index contributed by atoms with van der Waals surface area (Å²) in [6.45, 7) is 1.70. The van der Waals surface area contributed by atoms with E-state index in [0.717, 1.165) is 19.4 Å². The van der Waals surface area contributed by atoms with Crippen LogP contribution in [0.4, 0.5) is 5.69 Å². The average molecular weight is 354 g/mol. The highest BCUT2D eigenvalue weighted by atomic mass is 16.5. The Morgan fingerprint density at radius 3 is 2.77 bits per heavy atom. The van der Waals surface area contributed by atoms with Crippen molar-refractivity contribution in [3.8, 4) is 11.5 Å². The summed E-state index contributed by atoms with van der Waals surface area (Å²) in [6, 6.07) is 11.8. The van der Waals surface area contributed by atoms with Crippen LogP contribution in [0.5, 0.6) is 11.5 Å². The Balaban J connectivity index is 1.61. The van der Waals surface area contributed by atoms with Gasteiger partial charge in [-0.3, -0.25) is 4.79 Å². The SMILES string of the molecule is COc1ccc(C(=O)NCCc2ccc3c(c2)CCCN3C)c(OC)c1. The van der Waals surface area contributed by atoms with Crippen LogP contribution in [0.15, 0.2) is 36.4 Å². The quantitative estimate of drug-likeness (QED) is 0.866. The van der Waals surface area contributed by atoms with Gasteiger partial charge >= 0.3 is 0 Å². The first-order valence-corrected chi connectivity index (χ1v) is 8.95. The number of ether oxygens (including phenoxy) is 2. The third-order valence-electron chi connectivity index (χ3n) is 4.85. The molecular formula is C21H26N2O3. The third kappa shape index (κ3) is 3.93. The molecule has 1 aliphatic heterocycles. The van der Waals surface area contributed by atoms with Crippen LogP contribution in [0, 0.1) is 0 Å². The summed E-state index contributed by atoms with van der Waals surface area (Å²) in [5.74, 6) is 1.04. The second kappa shape index (κ2) is 8.13. The Morgan fingerprint density at radius 1 is 1.15 bits per heavy atom. The minimum absolute atomic E-state index is 0.137. The van der Waals surface area contributed by atoms with Gasteiger partial charge in [0.2, 0.25) is 0 Å². The Labute approximate surface area is 154 Å². The summed E-state index contributed by atoms with van der Waals surface area (Å²) in [5.41, 5.74) is 4.49. The predicted molar refractivity (Wildman–Crippen MR) is 104 cm³/mol. The maximum Gasteiger partial charge on any atom is 0.255 e. The maximum atomic E-state index is 12.5. The van der Waals surface area contributed by atoms with E-state index in [1.807, 2.05) is 0 Å². The number of aryl methyl sites for hydroxylation is 1. The summed E-state index contributed by atoms with van der Waals surface area (Å²) in [6.07, 6.45) is 3.13. The normalized spacial score (nSPS) is 13.1. The van der Waals surface area contributed by atoms with Crippen molar-refractivity contribution in [2.75, 3.05) is 39.3 Å². The molecule has 0 radical (unpaired) electrons. The van der Waals surface area contributed by atoms with E-state index in [4.69, 9.17) is 9.47 Å². The average Bonchev–Trinajstić information content (AvgIpc) is 2.67. The third-order valence-corrected chi connectivity index (χ3v) is 4.85. The van der Waals surface area contributed by atoms with Gasteiger partial charge in [-0.25, -0.2) is 0 Å². The van der Waals surface area contributed by atoms with Crippen LogP contribution in [0.1, 0.15) is 27.9 Å². The highest BCUT2D eigenvalue weighted by Gasteiger charge is 2.15. The monoisotopic (exact) mass is 354 g/mol. The van der Waals surface area contributed by atoms with E-state index >= 15 is 0 Å². The zero-order valence-electron chi connectivity index (χ0n) is 15.7. The van der Waals surface area contributed by atoms with E-state index in [1.54, 1.807) is 32.4 Å². The van der Waals surface area contributed by atoms with Gasteiger partial charge in [-0.1, -0.05) is 12.1 Å². The van der Waals surface area contributed by atoms with Crippen molar-refractivity contribution in [3.63, 3.8) is 0 Å². The molecule has 5 heteroatoms. The number of rotatable bonds is 6. The lowest BCUT2D eigenvalue weighted by Gasteiger charge is -2.27. The summed E-state index contributed by atoms with van der Waals surface area (Å²) >= 11 is 0. The fraction of sp³-hybridized carbons (Fsp3) is 0.381. The molecule has 1 N–H and O–H groups in total. The first-order valence-electron chi connectivity index (χ1n) is 8.95. The number of fused-ring (bicyclic) bond motifs is 1. The topological polar surface area (TPSA) is 50.8 Å². The van der Waals surface area contributed by atoms with Crippen LogP contribution in [0.25, 0.3) is 0 Å². The van der Waals surface area contributed by atoms with Crippen LogP contribution in [0.2, 0.25) is 0 Å². The molecule has 0 unspecified atom stereocenters. The van der Waals surface area contributed by atoms with Crippen molar-refractivity contribution < 1.29 is 14.3 Å². The second-order valence-electron chi connectivity index (χ2n) is 6.56. The number of benzene rings is 2. The van der Waals surface area contributed by atoms with Crippen LogP contribution in [-0.2, 0) is 12.8 Å². The van der Waals surface area contributed by atoms with Crippen molar-refractivity contribution >= 4 is 11.6 Å². The van der Waals surface area contributed by atoms with Crippen LogP contribution in [0.3, 0.4) is 0 Å². The van der Waals surface area contributed by atoms with Crippen molar-refractivity contribution in [2.45, 2.75) is 19.3 Å². The fourth-order valence-corrected chi connectivity index (χ4v) is 3.40. The minimum Gasteiger partial charge on any atom is -0.497 e. The summed E-state index contributed by atoms with van der Waals surface area (Å²) in [5, 5.41) is 2.98. The molecule has 2 aromatic carbocycles. The molecule has 0 spiro atoms. The highest BCUT2D eigenvalue weighted by molar-refractivity contribution is 5.97. The lowest BCUT2D eigenvalue weighted by atomic mass is 9.98. The Hall–Kier alpha value is -2.69. The van der Waals surface area contributed by atoms with Crippen molar-refractivity contribution in [1.29, 1.82) is 0 Å². The molecule has 0 atom stereocenters. The number of hydrogen-bond acceptors (Lipinski definition) is 4. The van der Waals surface area contributed by atoms with E-state index in [0.29, 0.717) is 23.6 Å². The molecule has 5 nitrogen and oxygen atoms in total. The molecule has 1 amide bonds. The minimum atomic E-state index is -0.137. The molecule has 26 heavy (non-hydrogen) atoms. The number of nitrogens with zero attached hydrogens (tertiary/aromatic N) is 1. The summed E-state index contributed by atoms with van der Waals surface area (Å²) in [4.78, 5) is 14.8. The zero-order valence-corrected chi connectivity index (χ0v) is 15.7. The largest absolute Gasteiger partial charge is 0.497 e. The number of carbonyl (C=O) groups is 1. The molecule has 3 rings (SSSR count). The van der Waals surface area contributed by atoms with Crippen molar-refractivity contribution in [1.82, 2.24) is 5.32 Å². The molecule has 1 heterocycles. The molecule has 138 valence electrons. The van der Waals surface area contributed by atoms with Crippen molar-refractivity contribution in [3.05, 3.63) is 53.1 Å². The molecule has 0 aliphatic carbocycles. The number of nitrogens with one attached hydrogen (secondary N) is 1. The van der Waals surface area contributed by atoms with E-state index in [9.17, 15) is 4.79 Å². The predicted octanol–water partition coefficient (Wildman–Crippen LogP) is 3.06. The molecule has 0 bridgehead atoms. The van der Waals surface area contributed by atoms with Gasteiger partial charge < -0.3 is 19.7 Å². The molecule has 0 fully saturated rings. The number of methoxy groups -OCH3 is 2. The standard InChI is InChI=1S/C21H26N2O3/c1-23-12-4-5-16-13-15(6-9-19(16)23)10-11-22-21(24)18-8-7-17(25-2)14-20(18)26-3/h6-9,13-14H,4-5,10-12H2,1-3H3,(H,22,24). The highest BCUT2D eigenvalue weighted by Crippen LogP contribution is 2.27. The lowest BCUT2D eigenvalue weighted by Crippen LogP contribution is -2.26. The summed E-state index contributed by atoms with van der Waals surface area (Å²) in [7, 11) is 5.28. The van der Waals surface area contributed by atoms with Gasteiger partial charge in [0.05, 0.1) is 19.8 Å². The lowest BCUT2D eigenvalue weighted by molar-refractivity contribution is 0.0951. The number of hydrogen-bond donors (Lipinski definition) is 1. The van der Waals surface area contributed by atoms with E-state index in [-0.39, 0.29) is 5.91 Å². The van der Waals surface area contributed by atoms with E-state index in [2.05, 4.69) is 35.5 Å². The number of carbonyl (C=O) groups excluding carboxylic acids is 1. The van der Waals surface area contributed by atoms with Gasteiger partial charge in [0.15, 0.2) is 0 Å². The Bertz CT molecular complexity index is 789. The molecule has 1 aliphatic rings. The van der Waals surface area contributed by atoms with Gasteiger partial charge in [-0.05, 0) is 48.6 Å². The fourth-order valence-electron chi connectivity index (χ4n) is 3.40. The van der Waals surface area contributed by atoms with Gasteiger partial charge in [0.25, 0.3) is 5.91 Å². The van der Waals surface area contributed by atoms with Crippen molar-refractivity contribution in [2.24, 2.45) is 0 Å². The van der Waals surface area contributed by atoms with Gasteiger partial charge in [-0.15, -0.1) is 0 Å². The van der Waals surface area contributed by atoms with Crippen LogP contribution < -0.4 is 19.7 Å². The molecule has 0 saturated carbocycles. The number of amides is 1. The van der Waals surface area contributed by atoms with Gasteiger partial charge in [-0.2, -0.15) is 0 Å². The van der Waals surface area contributed by atoms with Crippen LogP contribution >= 0.6 is 0 Å². The molecule has 0 aromatic heterocycles. The maximum absolute atomic E-state index is 12.5. The Kier molecular flexibility index (Phi) is 5.66. The summed E-state index contributed by atoms with van der Waals surface area (Å²) < 4.78 is 10.5. The molecule has 2 aromatic rings. The first kappa shape index (κ1) is 18.1. The molecule has 0 saturated heterocycles. The van der Waals surface area contributed by atoms with E-state index in [1.165, 1.54) is 23.2 Å². The second-order valence-corrected chi connectivity index (χ2v) is 6.56. The first-order chi connectivity index (χ1) is 12.6.